The highest BCUT2D eigenvalue weighted by atomic mass is 16.3. The number of rotatable bonds is 4. The molecule has 0 aliphatic carbocycles. The minimum absolute atomic E-state index is 0.0864. The van der Waals surface area contributed by atoms with Crippen LogP contribution >= 0.6 is 0 Å². The topological polar surface area (TPSA) is 117 Å². The Bertz CT molecular complexity index is 833. The van der Waals surface area contributed by atoms with Crippen molar-refractivity contribution in [1.82, 2.24) is 25.0 Å². The van der Waals surface area contributed by atoms with Crippen LogP contribution in [0.15, 0.2) is 42.7 Å². The summed E-state index contributed by atoms with van der Waals surface area (Å²) in [5, 5.41) is 14.6. The van der Waals surface area contributed by atoms with Gasteiger partial charge in [-0.05, 0) is 43.5 Å². The van der Waals surface area contributed by atoms with Crippen LogP contribution in [0.5, 0.6) is 0 Å². The first-order valence-electron chi connectivity index (χ1n) is 9.51. The maximum absolute atomic E-state index is 12.7. The Morgan fingerprint density at radius 1 is 1.07 bits per heavy atom. The number of likely N-dealkylation sites (tertiary alicyclic amines) is 2. The molecule has 4 heterocycles. The van der Waals surface area contributed by atoms with Gasteiger partial charge in [0.2, 0.25) is 5.91 Å². The van der Waals surface area contributed by atoms with Crippen molar-refractivity contribution in [2.24, 2.45) is 0 Å². The first-order valence-corrected chi connectivity index (χ1v) is 9.51. The maximum Gasteiger partial charge on any atom is 0.290 e. The molecular weight excluding hydrogens is 374 g/mol. The van der Waals surface area contributed by atoms with Gasteiger partial charge >= 0.3 is 0 Å². The van der Waals surface area contributed by atoms with E-state index in [0.717, 1.165) is 18.5 Å². The number of pyridine rings is 1. The molecule has 2 saturated heterocycles. The number of carbonyl (C=O) groups excluding carboxylic acids is 2. The zero-order valence-electron chi connectivity index (χ0n) is 15.9. The smallest absolute Gasteiger partial charge is 0.290 e. The predicted molar refractivity (Wildman–Crippen MR) is 103 cm³/mol. The van der Waals surface area contributed by atoms with Gasteiger partial charge in [-0.25, -0.2) is 0 Å². The summed E-state index contributed by atoms with van der Waals surface area (Å²) in [6.45, 7) is 1.12. The zero-order valence-corrected chi connectivity index (χ0v) is 15.9. The van der Waals surface area contributed by atoms with Crippen molar-refractivity contribution in [3.05, 3.63) is 54.1 Å². The third-order valence-corrected chi connectivity index (χ3v) is 5.27. The summed E-state index contributed by atoms with van der Waals surface area (Å²) in [4.78, 5) is 41.8. The SMILES string of the molecule is O=C(CCc1ccccn1)N1CC[C@@H]2[C@H]1CCN2C(=O)c1cccnn1.O=CO. The van der Waals surface area contributed by atoms with Crippen LogP contribution in [0.25, 0.3) is 0 Å². The first kappa shape index (κ1) is 20.4. The summed E-state index contributed by atoms with van der Waals surface area (Å²) in [6, 6.07) is 9.36. The van der Waals surface area contributed by atoms with E-state index in [2.05, 4.69) is 15.2 Å². The van der Waals surface area contributed by atoms with E-state index in [1.807, 2.05) is 28.0 Å². The summed E-state index contributed by atoms with van der Waals surface area (Å²) >= 11 is 0. The predicted octanol–water partition coefficient (Wildman–Crippen LogP) is 1.02. The Morgan fingerprint density at radius 2 is 1.79 bits per heavy atom. The Morgan fingerprint density at radius 3 is 2.45 bits per heavy atom. The van der Waals surface area contributed by atoms with Crippen molar-refractivity contribution in [3.8, 4) is 0 Å². The van der Waals surface area contributed by atoms with E-state index in [1.165, 1.54) is 0 Å². The molecule has 0 saturated carbocycles. The lowest BCUT2D eigenvalue weighted by Gasteiger charge is -2.25. The minimum atomic E-state index is -0.250. The van der Waals surface area contributed by atoms with E-state index in [9.17, 15) is 9.59 Å². The van der Waals surface area contributed by atoms with Crippen LogP contribution in [0.1, 0.15) is 35.4 Å². The van der Waals surface area contributed by atoms with Crippen molar-refractivity contribution in [2.75, 3.05) is 13.1 Å². The van der Waals surface area contributed by atoms with Crippen LogP contribution < -0.4 is 0 Å². The Kier molecular flexibility index (Phi) is 6.83. The van der Waals surface area contributed by atoms with E-state index < -0.39 is 0 Å². The number of fused-ring (bicyclic) bond motifs is 1. The first-order chi connectivity index (χ1) is 14.2. The lowest BCUT2D eigenvalue weighted by Crippen LogP contribution is -2.41. The number of hydrogen-bond acceptors (Lipinski definition) is 6. The number of aryl methyl sites for hydroxylation is 1. The molecule has 2 aromatic rings. The molecule has 0 bridgehead atoms. The molecule has 2 atom stereocenters. The summed E-state index contributed by atoms with van der Waals surface area (Å²) in [6.07, 6.45) is 6.06. The molecule has 4 rings (SSSR count). The van der Waals surface area contributed by atoms with Crippen molar-refractivity contribution >= 4 is 18.3 Å². The lowest BCUT2D eigenvalue weighted by molar-refractivity contribution is -0.132. The van der Waals surface area contributed by atoms with Crippen molar-refractivity contribution in [2.45, 2.75) is 37.8 Å². The van der Waals surface area contributed by atoms with E-state index in [4.69, 9.17) is 9.90 Å². The van der Waals surface area contributed by atoms with Crippen LogP contribution in [0.4, 0.5) is 0 Å². The number of aromatic nitrogens is 3. The highest BCUT2D eigenvalue weighted by molar-refractivity contribution is 5.92. The number of carbonyl (C=O) groups is 3. The van der Waals surface area contributed by atoms with Crippen molar-refractivity contribution < 1.29 is 19.5 Å². The van der Waals surface area contributed by atoms with Gasteiger partial charge in [-0.3, -0.25) is 19.4 Å². The number of nitrogens with zero attached hydrogens (tertiary/aromatic N) is 5. The maximum atomic E-state index is 12.7. The van der Waals surface area contributed by atoms with Crippen LogP contribution in [-0.2, 0) is 16.0 Å². The fourth-order valence-corrected chi connectivity index (χ4v) is 4.04. The fourth-order valence-electron chi connectivity index (χ4n) is 4.04. The summed E-state index contributed by atoms with van der Waals surface area (Å²) in [5.74, 6) is 0.0605. The van der Waals surface area contributed by atoms with Gasteiger partial charge in [0, 0.05) is 37.6 Å². The Labute approximate surface area is 168 Å². The standard InChI is InChI=1S/C19H21N5O2.CH2O2/c25-18(7-6-14-4-1-2-10-20-14)23-12-8-17-16(23)9-13-24(17)19(26)15-5-3-11-21-22-15;2-1-3/h1-5,10-11,16-17H,6-9,12-13H2;1H,(H,2,3)/t16-,17-;/m1./s1. The normalized spacial score (nSPS) is 19.9. The molecule has 0 unspecified atom stereocenters. The van der Waals surface area contributed by atoms with Gasteiger partial charge in [0.05, 0.1) is 12.1 Å². The third kappa shape index (κ3) is 4.74. The highest BCUT2D eigenvalue weighted by Crippen LogP contribution is 2.32. The minimum Gasteiger partial charge on any atom is -0.483 e. The second kappa shape index (κ2) is 9.72. The molecule has 0 spiro atoms. The monoisotopic (exact) mass is 397 g/mol. The molecule has 9 nitrogen and oxygen atoms in total. The van der Waals surface area contributed by atoms with Crippen LogP contribution in [0, 0.1) is 0 Å². The molecule has 9 heteroatoms. The second-order valence-corrected chi connectivity index (χ2v) is 6.83. The molecule has 1 N–H and O–H groups in total. The molecule has 29 heavy (non-hydrogen) atoms. The Hall–Kier alpha value is -3.36. The van der Waals surface area contributed by atoms with Crippen LogP contribution in [0.3, 0.4) is 0 Å². The van der Waals surface area contributed by atoms with Crippen LogP contribution in [-0.4, -0.2) is 73.5 Å². The van der Waals surface area contributed by atoms with Crippen molar-refractivity contribution in [1.29, 1.82) is 0 Å². The molecule has 2 amide bonds. The summed E-state index contributed by atoms with van der Waals surface area (Å²) in [5.41, 5.74) is 1.30. The Balaban J connectivity index is 0.000000755. The average molecular weight is 397 g/mol. The van der Waals surface area contributed by atoms with Crippen LogP contribution in [0.2, 0.25) is 0 Å². The van der Waals surface area contributed by atoms with Crippen molar-refractivity contribution in [3.63, 3.8) is 0 Å². The van der Waals surface area contributed by atoms with Gasteiger partial charge in [-0.15, -0.1) is 5.10 Å². The van der Waals surface area contributed by atoms with E-state index >= 15 is 0 Å². The molecule has 2 aromatic heterocycles. The average Bonchev–Trinajstić information content (AvgIpc) is 3.36. The molecule has 2 aliphatic heterocycles. The van der Waals surface area contributed by atoms with Gasteiger partial charge in [-0.1, -0.05) is 6.07 Å². The van der Waals surface area contributed by atoms with E-state index in [0.29, 0.717) is 31.6 Å². The van der Waals surface area contributed by atoms with Gasteiger partial charge in [0.1, 0.15) is 0 Å². The largest absolute Gasteiger partial charge is 0.483 e. The number of hydrogen-bond donors (Lipinski definition) is 1. The van der Waals surface area contributed by atoms with Gasteiger partial charge in [0.25, 0.3) is 12.4 Å². The summed E-state index contributed by atoms with van der Waals surface area (Å²) in [7, 11) is 0. The molecular formula is C20H23N5O4. The zero-order chi connectivity index (χ0) is 20.6. The van der Waals surface area contributed by atoms with Gasteiger partial charge in [-0.2, -0.15) is 5.10 Å². The molecule has 2 fully saturated rings. The van der Waals surface area contributed by atoms with E-state index in [1.54, 1.807) is 24.5 Å². The molecule has 152 valence electrons. The van der Waals surface area contributed by atoms with Gasteiger partial charge < -0.3 is 14.9 Å². The van der Waals surface area contributed by atoms with Gasteiger partial charge in [0.15, 0.2) is 5.69 Å². The fraction of sp³-hybridized carbons (Fsp3) is 0.400. The molecule has 0 radical (unpaired) electrons. The summed E-state index contributed by atoms with van der Waals surface area (Å²) < 4.78 is 0. The van der Waals surface area contributed by atoms with E-state index in [-0.39, 0.29) is 30.4 Å². The molecule has 2 aliphatic rings. The number of amides is 2. The third-order valence-electron chi connectivity index (χ3n) is 5.27. The lowest BCUT2D eigenvalue weighted by atomic mass is 10.1. The number of carboxylic acid groups (broad SMARTS) is 1. The molecule has 0 aromatic carbocycles. The quantitative estimate of drug-likeness (QED) is 0.766. The highest BCUT2D eigenvalue weighted by Gasteiger charge is 2.46. The second-order valence-electron chi connectivity index (χ2n) is 6.83.